The van der Waals surface area contributed by atoms with Gasteiger partial charge in [0, 0.05) is 30.1 Å². The van der Waals surface area contributed by atoms with Gasteiger partial charge in [-0.15, -0.1) is 0 Å². The number of carbonyl (C=O) groups excluding carboxylic acids is 1. The average Bonchev–Trinajstić information content (AvgIpc) is 3.19. The third kappa shape index (κ3) is 3.04. The molecule has 1 aromatic heterocycles. The lowest BCUT2D eigenvalue weighted by Crippen LogP contribution is -2.27. The van der Waals surface area contributed by atoms with Crippen molar-refractivity contribution in [2.45, 2.75) is 25.7 Å². The molecule has 5 nitrogen and oxygen atoms in total. The highest BCUT2D eigenvalue weighted by Gasteiger charge is 2.42. The monoisotopic (exact) mass is 309 g/mol. The van der Waals surface area contributed by atoms with Crippen molar-refractivity contribution < 1.29 is 9.53 Å². The number of hydrogen-bond donors (Lipinski definition) is 1. The first kappa shape index (κ1) is 14.2. The van der Waals surface area contributed by atoms with Gasteiger partial charge in [-0.3, -0.25) is 4.79 Å². The number of hydrogen-bond acceptors (Lipinski definition) is 4. The second-order valence-corrected chi connectivity index (χ2v) is 6.43. The van der Waals surface area contributed by atoms with E-state index in [-0.39, 0.29) is 11.8 Å². The van der Waals surface area contributed by atoms with Crippen LogP contribution in [0.5, 0.6) is 11.8 Å². The molecule has 2 aromatic rings. The van der Waals surface area contributed by atoms with E-state index in [1.807, 2.05) is 24.3 Å². The third-order valence-electron chi connectivity index (χ3n) is 4.93. The average molecular weight is 309 g/mol. The summed E-state index contributed by atoms with van der Waals surface area (Å²) in [7, 11) is 0. The zero-order valence-corrected chi connectivity index (χ0v) is 12.8. The van der Waals surface area contributed by atoms with Gasteiger partial charge in [-0.2, -0.15) is 0 Å². The number of anilines is 1. The summed E-state index contributed by atoms with van der Waals surface area (Å²) >= 11 is 0. The molecule has 1 heterocycles. The number of amides is 1. The molecule has 1 N–H and O–H groups in total. The van der Waals surface area contributed by atoms with E-state index in [4.69, 9.17) is 4.74 Å². The molecule has 2 aliphatic rings. The Morgan fingerprint density at radius 1 is 1.13 bits per heavy atom. The molecule has 0 radical (unpaired) electrons. The maximum Gasteiger partial charge on any atom is 0.321 e. The molecule has 2 bridgehead atoms. The first-order valence-electron chi connectivity index (χ1n) is 8.14. The lowest BCUT2D eigenvalue weighted by atomic mass is 9.88. The predicted octanol–water partition coefficient (Wildman–Crippen LogP) is 3.64. The van der Waals surface area contributed by atoms with Crippen LogP contribution in [0, 0.1) is 17.8 Å². The van der Waals surface area contributed by atoms with Crippen molar-refractivity contribution >= 4 is 11.6 Å². The number of carbonyl (C=O) groups is 1. The molecule has 2 aliphatic carbocycles. The highest BCUT2D eigenvalue weighted by molar-refractivity contribution is 5.93. The van der Waals surface area contributed by atoms with Crippen LogP contribution in [0.15, 0.2) is 42.7 Å². The Hall–Kier alpha value is -2.43. The van der Waals surface area contributed by atoms with Gasteiger partial charge in [0.15, 0.2) is 0 Å². The maximum absolute atomic E-state index is 12.5. The third-order valence-corrected chi connectivity index (χ3v) is 4.93. The smallest absolute Gasteiger partial charge is 0.321 e. The summed E-state index contributed by atoms with van der Waals surface area (Å²) in [5.74, 6) is 2.28. The van der Waals surface area contributed by atoms with Crippen LogP contribution in [-0.4, -0.2) is 15.9 Å². The molecule has 2 saturated carbocycles. The first-order chi connectivity index (χ1) is 11.3. The molecule has 2 fully saturated rings. The number of ether oxygens (including phenoxy) is 1. The number of aromatic nitrogens is 2. The fourth-order valence-electron chi connectivity index (χ4n) is 3.88. The van der Waals surface area contributed by atoms with Gasteiger partial charge < -0.3 is 10.1 Å². The quantitative estimate of drug-likeness (QED) is 0.936. The van der Waals surface area contributed by atoms with Crippen molar-refractivity contribution in [3.63, 3.8) is 0 Å². The summed E-state index contributed by atoms with van der Waals surface area (Å²) in [5, 5.41) is 3.04. The van der Waals surface area contributed by atoms with Crippen LogP contribution in [-0.2, 0) is 4.79 Å². The molecular formula is C18H19N3O2. The van der Waals surface area contributed by atoms with E-state index in [1.54, 1.807) is 18.5 Å². The minimum Gasteiger partial charge on any atom is -0.424 e. The minimum absolute atomic E-state index is 0.144. The van der Waals surface area contributed by atoms with E-state index in [0.717, 1.165) is 18.0 Å². The van der Waals surface area contributed by atoms with Crippen LogP contribution in [0.1, 0.15) is 25.7 Å². The summed E-state index contributed by atoms with van der Waals surface area (Å²) in [6.45, 7) is 0. The molecule has 3 atom stereocenters. The molecule has 0 unspecified atom stereocenters. The molecule has 1 amide bonds. The van der Waals surface area contributed by atoms with Gasteiger partial charge in [-0.1, -0.05) is 12.5 Å². The summed E-state index contributed by atoms with van der Waals surface area (Å²) in [6, 6.07) is 9.39. The number of nitrogens with one attached hydrogen (secondary N) is 1. The number of rotatable bonds is 4. The van der Waals surface area contributed by atoms with E-state index in [1.165, 1.54) is 19.3 Å². The Balaban J connectivity index is 1.43. The molecule has 5 heteroatoms. The normalized spacial score (nSPS) is 25.3. The molecule has 0 spiro atoms. The van der Waals surface area contributed by atoms with Crippen molar-refractivity contribution in [2.75, 3.05) is 5.32 Å². The second kappa shape index (κ2) is 5.99. The zero-order chi connectivity index (χ0) is 15.6. The predicted molar refractivity (Wildman–Crippen MR) is 86.1 cm³/mol. The summed E-state index contributed by atoms with van der Waals surface area (Å²) < 4.78 is 5.60. The highest BCUT2D eigenvalue weighted by atomic mass is 16.5. The van der Waals surface area contributed by atoms with Gasteiger partial charge in [0.05, 0.1) is 0 Å². The van der Waals surface area contributed by atoms with E-state index in [9.17, 15) is 4.79 Å². The van der Waals surface area contributed by atoms with Gasteiger partial charge >= 0.3 is 6.01 Å². The Kier molecular flexibility index (Phi) is 3.69. The minimum atomic E-state index is 0.144. The summed E-state index contributed by atoms with van der Waals surface area (Å²) in [6.07, 6.45) is 8.04. The van der Waals surface area contributed by atoms with Crippen LogP contribution >= 0.6 is 0 Å². The van der Waals surface area contributed by atoms with E-state index in [2.05, 4.69) is 15.3 Å². The molecule has 0 saturated heterocycles. The van der Waals surface area contributed by atoms with Crippen molar-refractivity contribution in [3.05, 3.63) is 42.7 Å². The SMILES string of the molecule is O=C(Nc1cccc(Oc2ncccn2)c1)[C@@H]1C[C@@H]2CC[C@H]1C2. The van der Waals surface area contributed by atoms with Gasteiger partial charge in [0.1, 0.15) is 5.75 Å². The van der Waals surface area contributed by atoms with Gasteiger partial charge in [0.2, 0.25) is 5.91 Å². The van der Waals surface area contributed by atoms with E-state index < -0.39 is 0 Å². The van der Waals surface area contributed by atoms with E-state index in [0.29, 0.717) is 17.7 Å². The lowest BCUT2D eigenvalue weighted by molar-refractivity contribution is -0.121. The van der Waals surface area contributed by atoms with Crippen LogP contribution in [0.25, 0.3) is 0 Å². The van der Waals surface area contributed by atoms with Gasteiger partial charge in [-0.05, 0) is 49.3 Å². The molecule has 0 aliphatic heterocycles. The standard InChI is InChI=1S/C18H19N3O2/c22-17(16-10-12-5-6-13(16)9-12)21-14-3-1-4-15(11-14)23-18-19-7-2-8-20-18/h1-4,7-8,11-13,16H,5-6,9-10H2,(H,21,22)/t12-,13+,16-/m1/s1. The Bertz CT molecular complexity index is 704. The fourth-order valence-corrected chi connectivity index (χ4v) is 3.88. The van der Waals surface area contributed by atoms with Crippen molar-refractivity contribution in [3.8, 4) is 11.8 Å². The first-order valence-corrected chi connectivity index (χ1v) is 8.14. The Morgan fingerprint density at radius 2 is 2.00 bits per heavy atom. The summed E-state index contributed by atoms with van der Waals surface area (Å²) in [5.41, 5.74) is 0.756. The summed E-state index contributed by atoms with van der Waals surface area (Å²) in [4.78, 5) is 20.6. The molecule has 23 heavy (non-hydrogen) atoms. The number of benzene rings is 1. The van der Waals surface area contributed by atoms with Crippen LogP contribution in [0.3, 0.4) is 0 Å². The highest BCUT2D eigenvalue weighted by Crippen LogP contribution is 2.48. The largest absolute Gasteiger partial charge is 0.424 e. The van der Waals surface area contributed by atoms with Crippen molar-refractivity contribution in [2.24, 2.45) is 17.8 Å². The Labute approximate surface area is 135 Å². The van der Waals surface area contributed by atoms with Crippen molar-refractivity contribution in [1.29, 1.82) is 0 Å². The molecule has 4 rings (SSSR count). The topological polar surface area (TPSA) is 64.1 Å². The number of nitrogens with zero attached hydrogens (tertiary/aromatic N) is 2. The zero-order valence-electron chi connectivity index (χ0n) is 12.8. The second-order valence-electron chi connectivity index (χ2n) is 6.43. The Morgan fingerprint density at radius 3 is 2.74 bits per heavy atom. The number of fused-ring (bicyclic) bond motifs is 2. The molecular weight excluding hydrogens is 290 g/mol. The van der Waals surface area contributed by atoms with Crippen LogP contribution in [0.2, 0.25) is 0 Å². The van der Waals surface area contributed by atoms with Crippen molar-refractivity contribution in [1.82, 2.24) is 9.97 Å². The molecule has 118 valence electrons. The lowest BCUT2D eigenvalue weighted by Gasteiger charge is -2.20. The van der Waals surface area contributed by atoms with Gasteiger partial charge in [-0.25, -0.2) is 9.97 Å². The fraction of sp³-hybridized carbons (Fsp3) is 0.389. The maximum atomic E-state index is 12.5. The van der Waals surface area contributed by atoms with Crippen LogP contribution < -0.4 is 10.1 Å². The van der Waals surface area contributed by atoms with E-state index >= 15 is 0 Å². The van der Waals surface area contributed by atoms with Crippen LogP contribution in [0.4, 0.5) is 5.69 Å². The molecule has 1 aromatic carbocycles. The van der Waals surface area contributed by atoms with Gasteiger partial charge in [0.25, 0.3) is 0 Å².